The molecule has 0 radical (unpaired) electrons. The molecule has 3 nitrogen and oxygen atoms in total. The second-order valence-electron chi connectivity index (χ2n) is 3.94. The Morgan fingerprint density at radius 2 is 2.00 bits per heavy atom. The fourth-order valence-corrected chi connectivity index (χ4v) is 1.73. The summed E-state index contributed by atoms with van der Waals surface area (Å²) in [6.07, 6.45) is 4.92. The van der Waals surface area contributed by atoms with Gasteiger partial charge < -0.3 is 15.2 Å². The van der Waals surface area contributed by atoms with E-state index in [1.165, 1.54) is 0 Å². The lowest BCUT2D eigenvalue weighted by atomic mass is 10.0. The molecule has 0 aromatic heterocycles. The van der Waals surface area contributed by atoms with E-state index in [9.17, 15) is 0 Å². The summed E-state index contributed by atoms with van der Waals surface area (Å²) >= 11 is 0. The van der Waals surface area contributed by atoms with Crippen LogP contribution < -0.4 is 15.2 Å². The van der Waals surface area contributed by atoms with E-state index in [1.54, 1.807) is 14.2 Å². The van der Waals surface area contributed by atoms with Gasteiger partial charge in [-0.1, -0.05) is 12.1 Å². The maximum absolute atomic E-state index is 6.12. The minimum absolute atomic E-state index is 0.0368. The molecule has 0 aliphatic carbocycles. The molecular weight excluding hydrogens is 214 g/mol. The van der Waals surface area contributed by atoms with Gasteiger partial charge in [0, 0.05) is 6.04 Å². The van der Waals surface area contributed by atoms with Gasteiger partial charge in [0.25, 0.3) is 0 Å². The fraction of sp³-hybridized carbons (Fsp3) is 0.429. The summed E-state index contributed by atoms with van der Waals surface area (Å²) in [7, 11) is 3.26. The molecule has 0 aliphatic rings. The molecule has 0 bridgehead atoms. The second kappa shape index (κ2) is 6.97. The number of benzene rings is 1. The van der Waals surface area contributed by atoms with Crippen LogP contribution in [0.1, 0.15) is 30.9 Å². The van der Waals surface area contributed by atoms with Crippen LogP contribution in [0.2, 0.25) is 0 Å². The Balaban J connectivity index is 2.73. The van der Waals surface area contributed by atoms with Crippen molar-refractivity contribution in [2.24, 2.45) is 5.73 Å². The Kier molecular flexibility index (Phi) is 5.57. The highest BCUT2D eigenvalue weighted by atomic mass is 16.5. The van der Waals surface area contributed by atoms with E-state index in [-0.39, 0.29) is 6.04 Å². The van der Waals surface area contributed by atoms with E-state index in [4.69, 9.17) is 15.2 Å². The maximum Gasteiger partial charge on any atom is 0.161 e. The van der Waals surface area contributed by atoms with Crippen LogP contribution in [0.5, 0.6) is 11.5 Å². The lowest BCUT2D eigenvalue weighted by Crippen LogP contribution is -2.10. The van der Waals surface area contributed by atoms with Crippen molar-refractivity contribution in [3.8, 4) is 11.5 Å². The van der Waals surface area contributed by atoms with Gasteiger partial charge in [-0.15, -0.1) is 6.58 Å². The van der Waals surface area contributed by atoms with Crippen molar-refractivity contribution >= 4 is 0 Å². The van der Waals surface area contributed by atoms with Gasteiger partial charge in [-0.2, -0.15) is 0 Å². The Hall–Kier alpha value is -1.48. The van der Waals surface area contributed by atoms with Crippen molar-refractivity contribution in [3.63, 3.8) is 0 Å². The first kappa shape index (κ1) is 13.6. The lowest BCUT2D eigenvalue weighted by molar-refractivity contribution is 0.354. The van der Waals surface area contributed by atoms with E-state index in [0.29, 0.717) is 0 Å². The summed E-state index contributed by atoms with van der Waals surface area (Å²) in [5.74, 6) is 1.46. The predicted octanol–water partition coefficient (Wildman–Crippen LogP) is 3.06. The third kappa shape index (κ3) is 3.79. The first-order valence-electron chi connectivity index (χ1n) is 5.81. The third-order valence-corrected chi connectivity index (χ3v) is 2.76. The molecule has 0 aliphatic heterocycles. The van der Waals surface area contributed by atoms with Crippen LogP contribution in [0.4, 0.5) is 0 Å². The molecule has 1 rings (SSSR count). The monoisotopic (exact) mass is 235 g/mol. The van der Waals surface area contributed by atoms with E-state index in [2.05, 4.69) is 6.58 Å². The molecule has 0 saturated heterocycles. The molecule has 17 heavy (non-hydrogen) atoms. The molecule has 94 valence electrons. The maximum atomic E-state index is 6.12. The van der Waals surface area contributed by atoms with Crippen LogP contribution in [0, 0.1) is 0 Å². The highest BCUT2D eigenvalue weighted by molar-refractivity contribution is 5.43. The SMILES string of the molecule is C=CCCCC(N)c1ccc(OC)c(OC)c1. The van der Waals surface area contributed by atoms with Gasteiger partial charge >= 0.3 is 0 Å². The van der Waals surface area contributed by atoms with Gasteiger partial charge in [-0.25, -0.2) is 0 Å². The Bertz CT molecular complexity index is 363. The zero-order valence-corrected chi connectivity index (χ0v) is 10.6. The number of hydrogen-bond acceptors (Lipinski definition) is 3. The van der Waals surface area contributed by atoms with Crippen LogP contribution in [0.25, 0.3) is 0 Å². The zero-order valence-electron chi connectivity index (χ0n) is 10.6. The minimum atomic E-state index is 0.0368. The summed E-state index contributed by atoms with van der Waals surface area (Å²) < 4.78 is 10.4. The number of rotatable bonds is 7. The summed E-state index contributed by atoms with van der Waals surface area (Å²) in [5.41, 5.74) is 7.20. The number of unbranched alkanes of at least 4 members (excludes halogenated alkanes) is 1. The van der Waals surface area contributed by atoms with Crippen LogP contribution in [-0.2, 0) is 0 Å². The van der Waals surface area contributed by atoms with Gasteiger partial charge in [0.15, 0.2) is 11.5 Å². The third-order valence-electron chi connectivity index (χ3n) is 2.76. The van der Waals surface area contributed by atoms with E-state index >= 15 is 0 Å². The summed E-state index contributed by atoms with van der Waals surface area (Å²) in [5, 5.41) is 0. The van der Waals surface area contributed by atoms with E-state index in [0.717, 1.165) is 36.3 Å². The molecule has 0 fully saturated rings. The van der Waals surface area contributed by atoms with E-state index < -0.39 is 0 Å². The predicted molar refractivity (Wildman–Crippen MR) is 70.5 cm³/mol. The first-order chi connectivity index (χ1) is 8.22. The molecule has 2 N–H and O–H groups in total. The number of methoxy groups -OCH3 is 2. The summed E-state index contributed by atoms with van der Waals surface area (Å²) in [6, 6.07) is 5.86. The molecule has 3 heteroatoms. The highest BCUT2D eigenvalue weighted by Gasteiger charge is 2.09. The normalized spacial score (nSPS) is 11.9. The minimum Gasteiger partial charge on any atom is -0.493 e. The van der Waals surface area contributed by atoms with Gasteiger partial charge in [0.05, 0.1) is 14.2 Å². The van der Waals surface area contributed by atoms with Gasteiger partial charge in [-0.05, 0) is 37.0 Å². The Morgan fingerprint density at radius 3 is 2.59 bits per heavy atom. The average molecular weight is 235 g/mol. The van der Waals surface area contributed by atoms with Gasteiger partial charge in [0.1, 0.15) is 0 Å². The second-order valence-corrected chi connectivity index (χ2v) is 3.94. The van der Waals surface area contributed by atoms with Gasteiger partial charge in [-0.3, -0.25) is 0 Å². The molecule has 1 aromatic rings. The largest absolute Gasteiger partial charge is 0.493 e. The topological polar surface area (TPSA) is 44.5 Å². The van der Waals surface area contributed by atoms with Crippen molar-refractivity contribution in [3.05, 3.63) is 36.4 Å². The van der Waals surface area contributed by atoms with E-state index in [1.807, 2.05) is 24.3 Å². The lowest BCUT2D eigenvalue weighted by Gasteiger charge is -2.14. The molecule has 0 spiro atoms. The average Bonchev–Trinajstić information content (AvgIpc) is 2.38. The van der Waals surface area contributed by atoms with Crippen LogP contribution in [0.3, 0.4) is 0 Å². The van der Waals surface area contributed by atoms with Crippen LogP contribution in [-0.4, -0.2) is 14.2 Å². The zero-order chi connectivity index (χ0) is 12.7. The Labute approximate surface area is 103 Å². The van der Waals surface area contributed by atoms with Crippen LogP contribution >= 0.6 is 0 Å². The number of nitrogens with two attached hydrogens (primary N) is 1. The standard InChI is InChI=1S/C14H21NO2/c1-4-5-6-7-12(15)11-8-9-13(16-2)14(10-11)17-3/h4,8-10,12H,1,5-7,15H2,2-3H3. The quantitative estimate of drug-likeness (QED) is 0.583. The fourth-order valence-electron chi connectivity index (χ4n) is 1.73. The summed E-state index contributed by atoms with van der Waals surface area (Å²) in [6.45, 7) is 3.70. The van der Waals surface area contributed by atoms with Crippen LogP contribution in [0.15, 0.2) is 30.9 Å². The first-order valence-corrected chi connectivity index (χ1v) is 5.81. The molecule has 1 atom stereocenters. The smallest absolute Gasteiger partial charge is 0.161 e. The van der Waals surface area contributed by atoms with Crippen molar-refractivity contribution in [2.75, 3.05) is 14.2 Å². The molecule has 0 amide bonds. The highest BCUT2D eigenvalue weighted by Crippen LogP contribution is 2.30. The van der Waals surface area contributed by atoms with Gasteiger partial charge in [0.2, 0.25) is 0 Å². The van der Waals surface area contributed by atoms with Crippen molar-refractivity contribution in [2.45, 2.75) is 25.3 Å². The molecule has 1 unspecified atom stereocenters. The molecular formula is C14H21NO2. The number of hydrogen-bond donors (Lipinski definition) is 1. The molecule has 0 heterocycles. The number of ether oxygens (including phenoxy) is 2. The van der Waals surface area contributed by atoms with Crippen molar-refractivity contribution in [1.29, 1.82) is 0 Å². The van der Waals surface area contributed by atoms with Crippen molar-refractivity contribution in [1.82, 2.24) is 0 Å². The number of allylic oxidation sites excluding steroid dienone is 1. The summed E-state index contributed by atoms with van der Waals surface area (Å²) in [4.78, 5) is 0. The molecule has 1 aromatic carbocycles. The molecule has 0 saturated carbocycles. The van der Waals surface area contributed by atoms with Crippen molar-refractivity contribution < 1.29 is 9.47 Å². The Morgan fingerprint density at radius 1 is 1.29 bits per heavy atom.